The number of aliphatic hydroxyl groups is 1. The van der Waals surface area contributed by atoms with Crippen LogP contribution < -0.4 is 5.32 Å². The van der Waals surface area contributed by atoms with Gasteiger partial charge in [0, 0.05) is 6.42 Å². The molecule has 0 aromatic rings. The summed E-state index contributed by atoms with van der Waals surface area (Å²) in [6.07, 6.45) is 50.0. The van der Waals surface area contributed by atoms with Crippen LogP contribution in [0, 0.1) is 0 Å². The van der Waals surface area contributed by atoms with Crippen LogP contribution in [0.5, 0.6) is 0 Å². The fourth-order valence-corrected chi connectivity index (χ4v) is 8.90. The normalized spacial score (nSPS) is 14.1. The first kappa shape index (κ1) is 59.5. The van der Waals surface area contributed by atoms with Crippen LogP contribution in [0.15, 0.2) is 0 Å². The number of phosphoric acid groups is 1. The molecular weight excluding hydrogens is 768 g/mol. The molecule has 360 valence electrons. The lowest BCUT2D eigenvalue weighted by molar-refractivity contribution is -0.870. The Morgan fingerprint density at radius 3 is 1.12 bits per heavy atom. The lowest BCUT2D eigenvalue weighted by Crippen LogP contribution is -2.46. The van der Waals surface area contributed by atoms with Crippen LogP contribution in [0.4, 0.5) is 0 Å². The molecule has 0 aromatic carbocycles. The summed E-state index contributed by atoms with van der Waals surface area (Å²) < 4.78 is 23.7. The fourth-order valence-electron chi connectivity index (χ4n) is 8.17. The number of aliphatic hydroxyl groups excluding tert-OH is 1. The van der Waals surface area contributed by atoms with Crippen LogP contribution in [0.1, 0.15) is 271 Å². The number of nitrogens with zero attached hydrogens (tertiary/aromatic N) is 1. The number of quaternary nitrogens is 1. The second-order valence-electron chi connectivity index (χ2n) is 19.6. The summed E-state index contributed by atoms with van der Waals surface area (Å²) in [4.78, 5) is 23.3. The summed E-state index contributed by atoms with van der Waals surface area (Å²) in [5, 5.41) is 14.0. The maximum atomic E-state index is 13.0. The first-order valence-corrected chi connectivity index (χ1v) is 27.9. The van der Waals surface area contributed by atoms with Gasteiger partial charge in [-0.1, -0.05) is 251 Å². The molecule has 0 spiro atoms. The van der Waals surface area contributed by atoms with Gasteiger partial charge in [0.2, 0.25) is 5.91 Å². The molecule has 9 heteroatoms. The number of likely N-dealkylation sites (N-methyl/N-ethyl adjacent to an activating group) is 1. The number of nitrogens with one attached hydrogen (secondary N) is 1. The van der Waals surface area contributed by atoms with E-state index in [4.69, 9.17) is 9.05 Å². The quantitative estimate of drug-likeness (QED) is 0.0319. The molecule has 1 unspecified atom stereocenters. The van der Waals surface area contributed by atoms with Gasteiger partial charge in [-0.25, -0.2) is 4.57 Å². The van der Waals surface area contributed by atoms with Crippen LogP contribution >= 0.6 is 7.82 Å². The zero-order valence-electron chi connectivity index (χ0n) is 41.0. The van der Waals surface area contributed by atoms with Crippen molar-refractivity contribution in [2.75, 3.05) is 40.9 Å². The molecule has 0 heterocycles. The fraction of sp³-hybridized carbons (Fsp3) is 0.980. The number of hydrogen-bond donors (Lipinski definition) is 3. The predicted octanol–water partition coefficient (Wildman–Crippen LogP) is 15.3. The van der Waals surface area contributed by atoms with Gasteiger partial charge in [-0.2, -0.15) is 0 Å². The Morgan fingerprint density at radius 1 is 0.500 bits per heavy atom. The third-order valence-electron chi connectivity index (χ3n) is 12.4. The molecule has 0 fully saturated rings. The lowest BCUT2D eigenvalue weighted by atomic mass is 10.0. The largest absolute Gasteiger partial charge is 0.472 e. The Hall–Kier alpha value is -0.500. The molecule has 0 aliphatic carbocycles. The minimum absolute atomic E-state index is 0.0789. The molecule has 0 rings (SSSR count). The van der Waals surface area contributed by atoms with Gasteiger partial charge in [-0.05, 0) is 12.8 Å². The highest BCUT2D eigenvalue weighted by atomic mass is 31.2. The molecule has 3 N–H and O–H groups in total. The third kappa shape index (κ3) is 45.5. The highest BCUT2D eigenvalue weighted by molar-refractivity contribution is 7.47. The number of rotatable bonds is 49. The van der Waals surface area contributed by atoms with E-state index in [0.717, 1.165) is 38.5 Å². The minimum atomic E-state index is -4.31. The summed E-state index contributed by atoms with van der Waals surface area (Å²) >= 11 is 0. The summed E-state index contributed by atoms with van der Waals surface area (Å²) in [5.41, 5.74) is 0. The standard InChI is InChI=1S/C51H105N2O6P/c1-6-8-10-12-14-16-18-20-22-24-25-26-27-28-29-31-33-35-37-39-41-43-45-51(55)52-49(48-59-60(56,57)58-47-46-53(3,4)5)50(54)44-42-40-38-36-34-32-30-23-21-19-17-15-13-11-9-7-2/h49-50,54H,6-48H2,1-5H3,(H-,52,55,56,57)/p+1/t49-,50+/m0/s1. The van der Waals surface area contributed by atoms with Gasteiger partial charge in [0.1, 0.15) is 13.2 Å². The Bertz CT molecular complexity index is 947. The van der Waals surface area contributed by atoms with E-state index >= 15 is 0 Å². The second kappa shape index (κ2) is 43.7. The van der Waals surface area contributed by atoms with Crippen molar-refractivity contribution >= 4 is 13.7 Å². The van der Waals surface area contributed by atoms with Gasteiger partial charge in [-0.3, -0.25) is 13.8 Å². The Kier molecular flexibility index (Phi) is 43.4. The third-order valence-corrected chi connectivity index (χ3v) is 13.3. The van der Waals surface area contributed by atoms with Crippen LogP contribution in [0.25, 0.3) is 0 Å². The zero-order chi connectivity index (χ0) is 44.3. The highest BCUT2D eigenvalue weighted by Gasteiger charge is 2.28. The maximum Gasteiger partial charge on any atom is 0.472 e. The van der Waals surface area contributed by atoms with E-state index in [-0.39, 0.29) is 19.1 Å². The van der Waals surface area contributed by atoms with Crippen molar-refractivity contribution in [3.05, 3.63) is 0 Å². The number of phosphoric ester groups is 1. The van der Waals surface area contributed by atoms with Gasteiger partial charge in [0.05, 0.1) is 39.9 Å². The Balaban J connectivity index is 4.17. The van der Waals surface area contributed by atoms with Crippen molar-refractivity contribution in [1.82, 2.24) is 5.32 Å². The van der Waals surface area contributed by atoms with E-state index in [1.54, 1.807) is 0 Å². The van der Waals surface area contributed by atoms with Crippen LogP contribution in [-0.4, -0.2) is 73.4 Å². The Morgan fingerprint density at radius 2 is 0.800 bits per heavy atom. The Labute approximate surface area is 374 Å². The predicted molar refractivity (Wildman–Crippen MR) is 259 cm³/mol. The molecule has 0 aromatic heterocycles. The molecule has 0 saturated carbocycles. The average Bonchev–Trinajstić information content (AvgIpc) is 3.20. The first-order valence-electron chi connectivity index (χ1n) is 26.4. The monoisotopic (exact) mass is 874 g/mol. The number of carbonyl (C=O) groups excluding carboxylic acids is 1. The summed E-state index contributed by atoms with van der Waals surface area (Å²) in [6, 6.07) is -0.754. The van der Waals surface area contributed by atoms with Gasteiger partial charge in [0.15, 0.2) is 0 Å². The van der Waals surface area contributed by atoms with Gasteiger partial charge in [-0.15, -0.1) is 0 Å². The minimum Gasteiger partial charge on any atom is -0.391 e. The number of hydrogen-bond acceptors (Lipinski definition) is 5. The van der Waals surface area contributed by atoms with Crippen molar-refractivity contribution < 1.29 is 32.9 Å². The van der Waals surface area contributed by atoms with E-state index in [2.05, 4.69) is 19.2 Å². The van der Waals surface area contributed by atoms with E-state index in [0.29, 0.717) is 23.9 Å². The molecular formula is C51H106N2O6P+. The van der Waals surface area contributed by atoms with Crippen molar-refractivity contribution in [3.8, 4) is 0 Å². The van der Waals surface area contributed by atoms with Gasteiger partial charge >= 0.3 is 7.82 Å². The number of amides is 1. The van der Waals surface area contributed by atoms with Crippen LogP contribution in [0.3, 0.4) is 0 Å². The average molecular weight is 874 g/mol. The van der Waals surface area contributed by atoms with E-state index in [1.165, 1.54) is 205 Å². The summed E-state index contributed by atoms with van der Waals surface area (Å²) in [7, 11) is 1.63. The molecule has 0 saturated heterocycles. The number of carbonyl (C=O) groups is 1. The lowest BCUT2D eigenvalue weighted by Gasteiger charge is -2.26. The van der Waals surface area contributed by atoms with Crippen molar-refractivity contribution in [2.45, 2.75) is 283 Å². The van der Waals surface area contributed by atoms with Crippen molar-refractivity contribution in [2.24, 2.45) is 0 Å². The molecule has 0 radical (unpaired) electrons. The highest BCUT2D eigenvalue weighted by Crippen LogP contribution is 2.43. The van der Waals surface area contributed by atoms with Crippen LogP contribution in [-0.2, 0) is 18.4 Å². The maximum absolute atomic E-state index is 13.0. The zero-order valence-corrected chi connectivity index (χ0v) is 41.9. The molecule has 0 bridgehead atoms. The molecule has 0 aliphatic heterocycles. The molecule has 0 aliphatic rings. The van der Waals surface area contributed by atoms with Crippen molar-refractivity contribution in [3.63, 3.8) is 0 Å². The van der Waals surface area contributed by atoms with Crippen LogP contribution in [0.2, 0.25) is 0 Å². The van der Waals surface area contributed by atoms with E-state index in [1.807, 2.05) is 21.1 Å². The SMILES string of the molecule is CCCCCCCCCCCCCCCCCCCCCCCCC(=O)N[C@@H](COP(=O)(O)OCC[N+](C)(C)C)[C@H](O)CCCCCCCCCCCCCCCCCC. The molecule has 60 heavy (non-hydrogen) atoms. The van der Waals surface area contributed by atoms with Gasteiger partial charge < -0.3 is 19.8 Å². The van der Waals surface area contributed by atoms with E-state index < -0.39 is 20.0 Å². The topological polar surface area (TPSA) is 105 Å². The van der Waals surface area contributed by atoms with Crippen molar-refractivity contribution in [1.29, 1.82) is 0 Å². The van der Waals surface area contributed by atoms with E-state index in [9.17, 15) is 19.4 Å². The van der Waals surface area contributed by atoms with Gasteiger partial charge in [0.25, 0.3) is 0 Å². The number of unbranched alkanes of at least 4 members (excludes halogenated alkanes) is 36. The second-order valence-corrected chi connectivity index (χ2v) is 21.1. The first-order chi connectivity index (χ1) is 29.0. The molecule has 3 atom stereocenters. The molecule has 8 nitrogen and oxygen atoms in total. The summed E-state index contributed by atoms with van der Waals surface area (Å²) in [5.74, 6) is -0.137. The smallest absolute Gasteiger partial charge is 0.391 e. The summed E-state index contributed by atoms with van der Waals surface area (Å²) in [6.45, 7) is 4.93. The molecule has 1 amide bonds.